The average molecular weight is 227 g/mol. The molecule has 0 amide bonds. The van der Waals surface area contributed by atoms with Gasteiger partial charge in [0, 0.05) is 11.9 Å². The first-order chi connectivity index (χ1) is 7.79. The zero-order valence-electron chi connectivity index (χ0n) is 8.71. The van der Waals surface area contributed by atoms with Gasteiger partial charge in [0.1, 0.15) is 16.1 Å². The van der Waals surface area contributed by atoms with Crippen LogP contribution in [0.15, 0.2) is 46.6 Å². The standard InChI is InChI=1S/C12H9N3S/c1-9-5-6-10(8-13)12(15-9)16-11-4-2-3-7-14-11/h2-7H,1H3. The molecule has 0 radical (unpaired) electrons. The van der Waals surface area contributed by atoms with Gasteiger partial charge in [-0.3, -0.25) is 0 Å². The van der Waals surface area contributed by atoms with E-state index in [9.17, 15) is 0 Å². The maximum absolute atomic E-state index is 8.96. The number of rotatable bonds is 2. The lowest BCUT2D eigenvalue weighted by Gasteiger charge is -2.02. The Bertz CT molecular complexity index is 532. The number of nitrogens with zero attached hydrogens (tertiary/aromatic N) is 3. The fraction of sp³-hybridized carbons (Fsp3) is 0.0833. The summed E-state index contributed by atoms with van der Waals surface area (Å²) in [6.45, 7) is 1.91. The number of aromatic nitrogens is 2. The first kappa shape index (κ1) is 10.7. The van der Waals surface area contributed by atoms with Gasteiger partial charge in [0.05, 0.1) is 5.56 Å². The summed E-state index contributed by atoms with van der Waals surface area (Å²) in [5, 5.41) is 10.5. The molecule has 0 N–H and O–H groups in total. The molecule has 0 aliphatic carbocycles. The molecule has 0 bridgehead atoms. The molecular formula is C12H9N3S. The predicted molar refractivity (Wildman–Crippen MR) is 62.0 cm³/mol. The van der Waals surface area contributed by atoms with Gasteiger partial charge in [-0.25, -0.2) is 9.97 Å². The summed E-state index contributed by atoms with van der Waals surface area (Å²) in [7, 11) is 0. The number of hydrogen-bond acceptors (Lipinski definition) is 4. The van der Waals surface area contributed by atoms with Crippen molar-refractivity contribution in [2.45, 2.75) is 17.0 Å². The van der Waals surface area contributed by atoms with Gasteiger partial charge in [-0.1, -0.05) is 6.07 Å². The summed E-state index contributed by atoms with van der Waals surface area (Å²) in [4.78, 5) is 8.53. The topological polar surface area (TPSA) is 49.6 Å². The highest BCUT2D eigenvalue weighted by atomic mass is 32.2. The Morgan fingerprint density at radius 1 is 1.25 bits per heavy atom. The molecule has 3 nitrogen and oxygen atoms in total. The molecule has 16 heavy (non-hydrogen) atoms. The number of hydrogen-bond donors (Lipinski definition) is 0. The van der Waals surface area contributed by atoms with Crippen molar-refractivity contribution in [1.82, 2.24) is 9.97 Å². The van der Waals surface area contributed by atoms with Gasteiger partial charge in [-0.2, -0.15) is 5.26 Å². The Hall–Kier alpha value is -1.86. The van der Waals surface area contributed by atoms with Crippen LogP contribution in [-0.2, 0) is 0 Å². The summed E-state index contributed by atoms with van der Waals surface area (Å²) >= 11 is 1.41. The Morgan fingerprint density at radius 3 is 2.81 bits per heavy atom. The number of aryl methyl sites for hydroxylation is 1. The van der Waals surface area contributed by atoms with E-state index in [2.05, 4.69) is 16.0 Å². The Kier molecular flexibility index (Phi) is 3.18. The van der Waals surface area contributed by atoms with Crippen LogP contribution >= 0.6 is 11.8 Å². The molecule has 2 aromatic heterocycles. The molecule has 2 aromatic rings. The van der Waals surface area contributed by atoms with Gasteiger partial charge < -0.3 is 0 Å². The van der Waals surface area contributed by atoms with E-state index in [1.807, 2.05) is 31.2 Å². The monoisotopic (exact) mass is 227 g/mol. The van der Waals surface area contributed by atoms with Crippen LogP contribution in [0.2, 0.25) is 0 Å². The molecule has 0 saturated carbocycles. The maximum atomic E-state index is 8.96. The van der Waals surface area contributed by atoms with E-state index in [0.29, 0.717) is 10.6 Å². The molecule has 0 spiro atoms. The van der Waals surface area contributed by atoms with E-state index in [1.54, 1.807) is 12.3 Å². The average Bonchev–Trinajstić information content (AvgIpc) is 2.31. The van der Waals surface area contributed by atoms with Gasteiger partial charge in [0.2, 0.25) is 0 Å². The van der Waals surface area contributed by atoms with Gasteiger partial charge in [0.25, 0.3) is 0 Å². The van der Waals surface area contributed by atoms with Crippen molar-refractivity contribution >= 4 is 11.8 Å². The van der Waals surface area contributed by atoms with Crippen molar-refractivity contribution in [3.8, 4) is 6.07 Å². The molecule has 78 valence electrons. The van der Waals surface area contributed by atoms with Gasteiger partial charge in [-0.15, -0.1) is 0 Å². The Balaban J connectivity index is 2.35. The highest BCUT2D eigenvalue weighted by Gasteiger charge is 2.06. The molecule has 0 saturated heterocycles. The fourth-order valence-corrected chi connectivity index (χ4v) is 2.07. The summed E-state index contributed by atoms with van der Waals surface area (Å²) in [5.41, 5.74) is 1.48. The van der Waals surface area contributed by atoms with Crippen LogP contribution in [-0.4, -0.2) is 9.97 Å². The Morgan fingerprint density at radius 2 is 2.12 bits per heavy atom. The molecule has 2 heterocycles. The second-order valence-electron chi connectivity index (χ2n) is 3.19. The van der Waals surface area contributed by atoms with Crippen molar-refractivity contribution in [3.63, 3.8) is 0 Å². The minimum atomic E-state index is 0.584. The largest absolute Gasteiger partial charge is 0.250 e. The van der Waals surface area contributed by atoms with Crippen LogP contribution in [0.25, 0.3) is 0 Å². The van der Waals surface area contributed by atoms with Gasteiger partial charge in [0.15, 0.2) is 0 Å². The summed E-state index contributed by atoms with van der Waals surface area (Å²) < 4.78 is 0. The smallest absolute Gasteiger partial charge is 0.120 e. The molecule has 0 aliphatic rings. The van der Waals surface area contributed by atoms with Crippen LogP contribution in [0.1, 0.15) is 11.3 Å². The van der Waals surface area contributed by atoms with Crippen molar-refractivity contribution in [3.05, 3.63) is 47.8 Å². The molecule has 0 atom stereocenters. The number of pyridine rings is 2. The van der Waals surface area contributed by atoms with Crippen molar-refractivity contribution < 1.29 is 0 Å². The normalized spacial score (nSPS) is 9.75. The lowest BCUT2D eigenvalue weighted by molar-refractivity contribution is 1.04. The second kappa shape index (κ2) is 4.77. The van der Waals surface area contributed by atoms with Crippen LogP contribution in [0.4, 0.5) is 0 Å². The van der Waals surface area contributed by atoms with Crippen LogP contribution in [0.5, 0.6) is 0 Å². The van der Waals surface area contributed by atoms with Gasteiger partial charge in [-0.05, 0) is 43.0 Å². The lowest BCUT2D eigenvalue weighted by Crippen LogP contribution is -1.90. The van der Waals surface area contributed by atoms with Gasteiger partial charge >= 0.3 is 0 Å². The zero-order chi connectivity index (χ0) is 11.4. The van der Waals surface area contributed by atoms with Crippen LogP contribution in [0, 0.1) is 18.3 Å². The molecule has 0 unspecified atom stereocenters. The van der Waals surface area contributed by atoms with Crippen molar-refractivity contribution in [1.29, 1.82) is 5.26 Å². The van der Waals surface area contributed by atoms with E-state index < -0.39 is 0 Å². The first-order valence-electron chi connectivity index (χ1n) is 4.76. The van der Waals surface area contributed by atoms with Crippen molar-refractivity contribution in [2.75, 3.05) is 0 Å². The molecule has 0 fully saturated rings. The first-order valence-corrected chi connectivity index (χ1v) is 5.58. The third kappa shape index (κ3) is 2.38. The third-order valence-corrected chi connectivity index (χ3v) is 2.91. The summed E-state index contributed by atoms with van der Waals surface area (Å²) in [5.74, 6) is 0. The predicted octanol–water partition coefficient (Wildman–Crippen LogP) is 2.81. The van der Waals surface area contributed by atoms with E-state index >= 15 is 0 Å². The fourth-order valence-electron chi connectivity index (χ4n) is 1.20. The molecule has 0 aromatic carbocycles. The molecule has 2 rings (SSSR count). The minimum absolute atomic E-state index is 0.584. The van der Waals surface area contributed by atoms with E-state index in [1.165, 1.54) is 11.8 Å². The van der Waals surface area contributed by atoms with E-state index in [0.717, 1.165) is 10.7 Å². The highest BCUT2D eigenvalue weighted by molar-refractivity contribution is 7.99. The van der Waals surface area contributed by atoms with Crippen LogP contribution < -0.4 is 0 Å². The Labute approximate surface area is 98.2 Å². The van der Waals surface area contributed by atoms with Crippen molar-refractivity contribution in [2.24, 2.45) is 0 Å². The second-order valence-corrected chi connectivity index (χ2v) is 4.20. The quantitative estimate of drug-likeness (QED) is 0.791. The molecule has 4 heteroatoms. The minimum Gasteiger partial charge on any atom is -0.250 e. The molecule has 0 aliphatic heterocycles. The van der Waals surface area contributed by atoms with Crippen LogP contribution in [0.3, 0.4) is 0 Å². The molecular weight excluding hydrogens is 218 g/mol. The highest BCUT2D eigenvalue weighted by Crippen LogP contribution is 2.26. The zero-order valence-corrected chi connectivity index (χ0v) is 9.53. The summed E-state index contributed by atoms with van der Waals surface area (Å²) in [6.07, 6.45) is 1.73. The number of nitriles is 1. The third-order valence-electron chi connectivity index (χ3n) is 1.96. The lowest BCUT2D eigenvalue weighted by atomic mass is 10.3. The SMILES string of the molecule is Cc1ccc(C#N)c(Sc2ccccn2)n1. The van der Waals surface area contributed by atoms with E-state index in [4.69, 9.17) is 5.26 Å². The van der Waals surface area contributed by atoms with E-state index in [-0.39, 0.29) is 0 Å². The maximum Gasteiger partial charge on any atom is 0.120 e. The summed E-state index contributed by atoms with van der Waals surface area (Å²) in [6, 6.07) is 11.4.